The lowest BCUT2D eigenvalue weighted by Gasteiger charge is -2.12. The third kappa shape index (κ3) is 3.47. The standard InChI is InChI=1S/C18H21N/c1-4-14(2)13-19-18-12-17(11-10-15(18)3)16-8-6-5-7-9-16/h4-12,19H,13H2,1-3H3/b14-4-. The number of allylic oxidation sites excluding steroid dienone is 1. The summed E-state index contributed by atoms with van der Waals surface area (Å²) in [5, 5.41) is 3.51. The average Bonchev–Trinajstić information content (AvgIpc) is 2.47. The third-order valence-electron chi connectivity index (χ3n) is 3.40. The van der Waals surface area contributed by atoms with Crippen LogP contribution in [0.4, 0.5) is 5.69 Å². The maximum atomic E-state index is 3.51. The molecule has 0 unspecified atom stereocenters. The molecule has 2 rings (SSSR count). The second kappa shape index (κ2) is 6.24. The lowest BCUT2D eigenvalue weighted by atomic mass is 10.0. The van der Waals surface area contributed by atoms with E-state index in [4.69, 9.17) is 0 Å². The normalized spacial score (nSPS) is 11.4. The molecular formula is C18H21N. The smallest absolute Gasteiger partial charge is 0.0378 e. The molecule has 0 aliphatic rings. The fraction of sp³-hybridized carbons (Fsp3) is 0.222. The van der Waals surface area contributed by atoms with Crippen molar-refractivity contribution in [3.63, 3.8) is 0 Å². The molecule has 1 heteroatoms. The highest BCUT2D eigenvalue weighted by molar-refractivity contribution is 5.70. The first kappa shape index (κ1) is 13.4. The van der Waals surface area contributed by atoms with Crippen molar-refractivity contribution in [3.05, 3.63) is 65.7 Å². The van der Waals surface area contributed by atoms with Crippen LogP contribution in [0.5, 0.6) is 0 Å². The van der Waals surface area contributed by atoms with Crippen molar-refractivity contribution in [2.24, 2.45) is 0 Å². The highest BCUT2D eigenvalue weighted by atomic mass is 14.9. The lowest BCUT2D eigenvalue weighted by Crippen LogP contribution is -2.04. The van der Waals surface area contributed by atoms with E-state index in [9.17, 15) is 0 Å². The van der Waals surface area contributed by atoms with Gasteiger partial charge < -0.3 is 5.32 Å². The van der Waals surface area contributed by atoms with Gasteiger partial charge in [0.05, 0.1) is 0 Å². The molecule has 2 aromatic carbocycles. The first-order valence-corrected chi connectivity index (χ1v) is 6.72. The highest BCUT2D eigenvalue weighted by Crippen LogP contribution is 2.25. The van der Waals surface area contributed by atoms with Crippen LogP contribution in [0.25, 0.3) is 11.1 Å². The Hall–Kier alpha value is -2.02. The minimum Gasteiger partial charge on any atom is -0.381 e. The van der Waals surface area contributed by atoms with E-state index in [0.717, 1.165) is 6.54 Å². The molecule has 0 saturated carbocycles. The first-order valence-electron chi connectivity index (χ1n) is 6.72. The first-order chi connectivity index (χ1) is 9.20. The number of aryl methyl sites for hydroxylation is 1. The van der Waals surface area contributed by atoms with Crippen molar-refractivity contribution in [2.45, 2.75) is 20.8 Å². The number of nitrogens with one attached hydrogen (secondary N) is 1. The number of rotatable bonds is 4. The van der Waals surface area contributed by atoms with Gasteiger partial charge in [-0.1, -0.05) is 54.1 Å². The van der Waals surface area contributed by atoms with Gasteiger partial charge in [0, 0.05) is 12.2 Å². The quantitative estimate of drug-likeness (QED) is 0.751. The molecule has 0 radical (unpaired) electrons. The van der Waals surface area contributed by atoms with Gasteiger partial charge in [-0.25, -0.2) is 0 Å². The van der Waals surface area contributed by atoms with E-state index >= 15 is 0 Å². The molecule has 0 aromatic heterocycles. The Balaban J connectivity index is 2.25. The van der Waals surface area contributed by atoms with Crippen molar-refractivity contribution in [1.29, 1.82) is 0 Å². The molecule has 1 nitrogen and oxygen atoms in total. The Morgan fingerprint density at radius 3 is 2.47 bits per heavy atom. The van der Waals surface area contributed by atoms with Crippen molar-refractivity contribution < 1.29 is 0 Å². The van der Waals surface area contributed by atoms with Crippen LogP contribution in [-0.4, -0.2) is 6.54 Å². The van der Waals surface area contributed by atoms with Crippen molar-refractivity contribution >= 4 is 5.69 Å². The fourth-order valence-corrected chi connectivity index (χ4v) is 1.96. The van der Waals surface area contributed by atoms with Crippen LogP contribution >= 0.6 is 0 Å². The Morgan fingerprint density at radius 1 is 1.05 bits per heavy atom. The Morgan fingerprint density at radius 2 is 1.79 bits per heavy atom. The zero-order valence-electron chi connectivity index (χ0n) is 11.9. The number of anilines is 1. The summed E-state index contributed by atoms with van der Waals surface area (Å²) in [6, 6.07) is 17.1. The molecular weight excluding hydrogens is 230 g/mol. The molecule has 0 aliphatic carbocycles. The Labute approximate surface area is 116 Å². The number of hydrogen-bond donors (Lipinski definition) is 1. The summed E-state index contributed by atoms with van der Waals surface area (Å²) < 4.78 is 0. The monoisotopic (exact) mass is 251 g/mol. The molecule has 1 N–H and O–H groups in total. The SMILES string of the molecule is C/C=C(/C)CNc1cc(-c2ccccc2)ccc1C. The molecule has 19 heavy (non-hydrogen) atoms. The van der Waals surface area contributed by atoms with E-state index in [1.54, 1.807) is 0 Å². The van der Waals surface area contributed by atoms with Crippen LogP contribution in [-0.2, 0) is 0 Å². The number of benzene rings is 2. The summed E-state index contributed by atoms with van der Waals surface area (Å²) in [5.74, 6) is 0. The zero-order chi connectivity index (χ0) is 13.7. The van der Waals surface area contributed by atoms with Crippen molar-refractivity contribution in [1.82, 2.24) is 0 Å². The van der Waals surface area contributed by atoms with E-state index in [-0.39, 0.29) is 0 Å². The molecule has 2 aromatic rings. The predicted octanol–water partition coefficient (Wildman–Crippen LogP) is 5.04. The summed E-state index contributed by atoms with van der Waals surface area (Å²) in [4.78, 5) is 0. The van der Waals surface area contributed by atoms with Crippen LogP contribution in [0, 0.1) is 6.92 Å². The summed E-state index contributed by atoms with van der Waals surface area (Å²) >= 11 is 0. The van der Waals surface area contributed by atoms with Gasteiger partial charge in [-0.3, -0.25) is 0 Å². The van der Waals surface area contributed by atoms with E-state index in [0.29, 0.717) is 0 Å². The molecule has 0 fully saturated rings. The van der Waals surface area contributed by atoms with Gasteiger partial charge in [0.1, 0.15) is 0 Å². The Bertz CT molecular complexity index is 567. The molecule has 0 heterocycles. The summed E-state index contributed by atoms with van der Waals surface area (Å²) in [7, 11) is 0. The zero-order valence-corrected chi connectivity index (χ0v) is 11.9. The van der Waals surface area contributed by atoms with E-state index in [2.05, 4.69) is 74.6 Å². The predicted molar refractivity (Wildman–Crippen MR) is 84.5 cm³/mol. The second-order valence-electron chi connectivity index (χ2n) is 4.88. The molecule has 0 atom stereocenters. The van der Waals surface area contributed by atoms with Crippen LogP contribution in [0.15, 0.2) is 60.2 Å². The molecule has 0 spiro atoms. The van der Waals surface area contributed by atoms with Crippen molar-refractivity contribution in [3.8, 4) is 11.1 Å². The minimum absolute atomic E-state index is 0.898. The number of hydrogen-bond acceptors (Lipinski definition) is 1. The molecule has 0 saturated heterocycles. The van der Waals surface area contributed by atoms with E-state index < -0.39 is 0 Å². The van der Waals surface area contributed by atoms with Gasteiger partial charge >= 0.3 is 0 Å². The topological polar surface area (TPSA) is 12.0 Å². The third-order valence-corrected chi connectivity index (χ3v) is 3.40. The van der Waals surface area contributed by atoms with Crippen LogP contribution < -0.4 is 5.32 Å². The second-order valence-corrected chi connectivity index (χ2v) is 4.88. The van der Waals surface area contributed by atoms with Gasteiger partial charge in [0.25, 0.3) is 0 Å². The minimum atomic E-state index is 0.898. The van der Waals surface area contributed by atoms with E-state index in [1.165, 1.54) is 28.0 Å². The summed E-state index contributed by atoms with van der Waals surface area (Å²) in [6.07, 6.45) is 2.14. The van der Waals surface area contributed by atoms with Gasteiger partial charge in [0.15, 0.2) is 0 Å². The highest BCUT2D eigenvalue weighted by Gasteiger charge is 2.02. The molecule has 0 amide bonds. The van der Waals surface area contributed by atoms with Gasteiger partial charge in [-0.15, -0.1) is 0 Å². The lowest BCUT2D eigenvalue weighted by molar-refractivity contribution is 1.18. The van der Waals surface area contributed by atoms with Crippen LogP contribution in [0.2, 0.25) is 0 Å². The molecule has 0 bridgehead atoms. The maximum absolute atomic E-state index is 3.51. The summed E-state index contributed by atoms with van der Waals surface area (Å²) in [6.45, 7) is 7.26. The maximum Gasteiger partial charge on any atom is 0.0378 e. The molecule has 0 aliphatic heterocycles. The van der Waals surface area contributed by atoms with Crippen molar-refractivity contribution in [2.75, 3.05) is 11.9 Å². The average molecular weight is 251 g/mol. The fourth-order valence-electron chi connectivity index (χ4n) is 1.96. The van der Waals surface area contributed by atoms with E-state index in [1.807, 2.05) is 6.07 Å². The van der Waals surface area contributed by atoms with Crippen LogP contribution in [0.3, 0.4) is 0 Å². The van der Waals surface area contributed by atoms with Crippen LogP contribution in [0.1, 0.15) is 19.4 Å². The Kier molecular flexibility index (Phi) is 4.40. The van der Waals surface area contributed by atoms with Gasteiger partial charge in [-0.2, -0.15) is 0 Å². The summed E-state index contributed by atoms with van der Waals surface area (Å²) in [5.41, 5.74) is 6.36. The molecule has 98 valence electrons. The largest absolute Gasteiger partial charge is 0.381 e. The van der Waals surface area contributed by atoms with Gasteiger partial charge in [0.2, 0.25) is 0 Å². The van der Waals surface area contributed by atoms with Gasteiger partial charge in [-0.05, 0) is 43.5 Å².